The Hall–Kier alpha value is -2.44. The first-order valence-corrected chi connectivity index (χ1v) is 8.70. The molecule has 0 aliphatic rings. The van der Waals surface area contributed by atoms with Crippen molar-refractivity contribution in [2.45, 2.75) is 0 Å². The van der Waals surface area contributed by atoms with Crippen molar-refractivity contribution in [2.75, 3.05) is 54.5 Å². The molecule has 0 radical (unpaired) electrons. The lowest BCUT2D eigenvalue weighted by Gasteiger charge is -2.11. The van der Waals surface area contributed by atoms with Crippen LogP contribution in [0.2, 0.25) is 0 Å². The van der Waals surface area contributed by atoms with Crippen molar-refractivity contribution < 1.29 is 9.47 Å². The van der Waals surface area contributed by atoms with Crippen LogP contribution < -0.4 is 9.47 Å². The molecular formula is C20H28N4O2. The molecule has 2 rings (SSSR count). The van der Waals surface area contributed by atoms with Crippen LogP contribution in [0.1, 0.15) is 0 Å². The van der Waals surface area contributed by atoms with Crippen LogP contribution in [0, 0.1) is 0 Å². The van der Waals surface area contributed by atoms with E-state index in [2.05, 4.69) is 20.0 Å². The summed E-state index contributed by atoms with van der Waals surface area (Å²) in [4.78, 5) is 4.17. The van der Waals surface area contributed by atoms with E-state index in [1.165, 1.54) is 0 Å². The van der Waals surface area contributed by atoms with Crippen LogP contribution in [0.25, 0.3) is 0 Å². The van der Waals surface area contributed by atoms with Crippen LogP contribution >= 0.6 is 0 Å². The minimum Gasteiger partial charge on any atom is -0.492 e. The zero-order valence-electron chi connectivity index (χ0n) is 16.1. The molecule has 0 saturated heterocycles. The minimum atomic E-state index is 0.664. The minimum absolute atomic E-state index is 0.664. The zero-order chi connectivity index (χ0) is 18.8. The average Bonchev–Trinajstić information content (AvgIpc) is 2.61. The van der Waals surface area contributed by atoms with Crippen LogP contribution in [-0.4, -0.2) is 64.3 Å². The fraction of sp³-hybridized carbons (Fsp3) is 0.400. The van der Waals surface area contributed by atoms with E-state index < -0.39 is 0 Å². The molecule has 26 heavy (non-hydrogen) atoms. The van der Waals surface area contributed by atoms with Crippen molar-refractivity contribution in [1.82, 2.24) is 9.80 Å². The van der Waals surface area contributed by atoms with Crippen LogP contribution in [0.3, 0.4) is 0 Å². The molecule has 0 aliphatic heterocycles. The Bertz CT molecular complexity index is 608. The highest BCUT2D eigenvalue weighted by Crippen LogP contribution is 2.23. The van der Waals surface area contributed by atoms with Gasteiger partial charge in [0.2, 0.25) is 0 Å². The number of hydrogen-bond acceptors (Lipinski definition) is 6. The summed E-state index contributed by atoms with van der Waals surface area (Å²) < 4.78 is 11.3. The third-order valence-electron chi connectivity index (χ3n) is 3.57. The van der Waals surface area contributed by atoms with Gasteiger partial charge in [0.15, 0.2) is 0 Å². The van der Waals surface area contributed by atoms with Crippen LogP contribution in [-0.2, 0) is 0 Å². The van der Waals surface area contributed by atoms with Gasteiger partial charge in [0, 0.05) is 13.1 Å². The lowest BCUT2D eigenvalue weighted by atomic mass is 10.3. The van der Waals surface area contributed by atoms with Gasteiger partial charge >= 0.3 is 0 Å². The second-order valence-corrected chi connectivity index (χ2v) is 6.49. The van der Waals surface area contributed by atoms with Gasteiger partial charge in [-0.3, -0.25) is 0 Å². The maximum atomic E-state index is 5.66. The first-order valence-electron chi connectivity index (χ1n) is 8.70. The highest BCUT2D eigenvalue weighted by Gasteiger charge is 1.98. The Morgan fingerprint density at radius 1 is 0.615 bits per heavy atom. The van der Waals surface area contributed by atoms with Crippen molar-refractivity contribution >= 4 is 11.4 Å². The van der Waals surface area contributed by atoms with Crippen molar-refractivity contribution in [3.63, 3.8) is 0 Å². The van der Waals surface area contributed by atoms with Crippen molar-refractivity contribution in [3.05, 3.63) is 48.5 Å². The number of azo groups is 1. The van der Waals surface area contributed by atoms with E-state index in [1.54, 1.807) is 0 Å². The Morgan fingerprint density at radius 2 is 0.962 bits per heavy atom. The van der Waals surface area contributed by atoms with Gasteiger partial charge in [-0.1, -0.05) is 0 Å². The third kappa shape index (κ3) is 7.63. The molecule has 0 spiro atoms. The summed E-state index contributed by atoms with van der Waals surface area (Å²) >= 11 is 0. The van der Waals surface area contributed by atoms with E-state index in [-0.39, 0.29) is 0 Å². The Kier molecular flexibility index (Phi) is 8.05. The highest BCUT2D eigenvalue weighted by molar-refractivity contribution is 5.44. The number of nitrogens with zero attached hydrogens (tertiary/aromatic N) is 4. The molecule has 0 heterocycles. The highest BCUT2D eigenvalue weighted by atomic mass is 16.5. The molecular weight excluding hydrogens is 328 g/mol. The van der Waals surface area contributed by atoms with Crippen molar-refractivity contribution in [2.24, 2.45) is 10.2 Å². The van der Waals surface area contributed by atoms with E-state index in [1.807, 2.05) is 76.7 Å². The predicted molar refractivity (Wildman–Crippen MR) is 105 cm³/mol. The number of hydrogen-bond donors (Lipinski definition) is 0. The van der Waals surface area contributed by atoms with Gasteiger partial charge < -0.3 is 19.3 Å². The Balaban J connectivity index is 1.83. The first-order chi connectivity index (χ1) is 12.5. The van der Waals surface area contributed by atoms with Crippen LogP contribution in [0.4, 0.5) is 11.4 Å². The average molecular weight is 356 g/mol. The summed E-state index contributed by atoms with van der Waals surface area (Å²) in [5, 5.41) is 8.51. The number of benzene rings is 2. The second-order valence-electron chi connectivity index (χ2n) is 6.49. The smallest absolute Gasteiger partial charge is 0.119 e. The van der Waals surface area contributed by atoms with Gasteiger partial charge in [0.1, 0.15) is 24.7 Å². The summed E-state index contributed by atoms with van der Waals surface area (Å²) in [6.07, 6.45) is 0. The van der Waals surface area contributed by atoms with Gasteiger partial charge in [-0.2, -0.15) is 10.2 Å². The predicted octanol–water partition coefficient (Wildman–Crippen LogP) is 3.98. The Morgan fingerprint density at radius 3 is 1.27 bits per heavy atom. The van der Waals surface area contributed by atoms with Crippen LogP contribution in [0.5, 0.6) is 11.5 Å². The normalized spacial score (nSPS) is 11.5. The molecule has 6 heteroatoms. The van der Waals surface area contributed by atoms with Gasteiger partial charge in [0.25, 0.3) is 0 Å². The third-order valence-corrected chi connectivity index (χ3v) is 3.57. The van der Waals surface area contributed by atoms with Gasteiger partial charge in [-0.05, 0) is 76.7 Å². The number of ether oxygens (including phenoxy) is 2. The first kappa shape index (κ1) is 19.9. The van der Waals surface area contributed by atoms with E-state index >= 15 is 0 Å². The summed E-state index contributed by atoms with van der Waals surface area (Å²) in [6, 6.07) is 15.2. The van der Waals surface area contributed by atoms with E-state index in [0.717, 1.165) is 36.0 Å². The number of rotatable bonds is 10. The Labute approximate surface area is 156 Å². The molecule has 0 atom stereocenters. The SMILES string of the molecule is CN(C)CCOc1ccc(N=Nc2ccc(OCCN(C)C)cc2)cc1. The maximum absolute atomic E-state index is 5.66. The van der Waals surface area contributed by atoms with Gasteiger partial charge in [-0.25, -0.2) is 0 Å². The molecule has 0 unspecified atom stereocenters. The lowest BCUT2D eigenvalue weighted by Crippen LogP contribution is -2.19. The molecule has 0 bridgehead atoms. The quantitative estimate of drug-likeness (QED) is 0.604. The molecule has 0 saturated carbocycles. The maximum Gasteiger partial charge on any atom is 0.119 e. The molecule has 6 nitrogen and oxygen atoms in total. The van der Waals surface area contributed by atoms with Crippen LogP contribution in [0.15, 0.2) is 58.8 Å². The molecule has 2 aromatic carbocycles. The molecule has 0 aliphatic carbocycles. The van der Waals surface area contributed by atoms with Gasteiger partial charge in [-0.15, -0.1) is 0 Å². The van der Waals surface area contributed by atoms with Crippen molar-refractivity contribution in [3.8, 4) is 11.5 Å². The monoisotopic (exact) mass is 356 g/mol. The largest absolute Gasteiger partial charge is 0.492 e. The molecule has 140 valence electrons. The van der Waals surface area contributed by atoms with Crippen molar-refractivity contribution in [1.29, 1.82) is 0 Å². The summed E-state index contributed by atoms with van der Waals surface area (Å²) in [5.41, 5.74) is 1.58. The van der Waals surface area contributed by atoms with Gasteiger partial charge in [0.05, 0.1) is 11.4 Å². The molecule has 0 amide bonds. The summed E-state index contributed by atoms with van der Waals surface area (Å²) in [5.74, 6) is 1.68. The fourth-order valence-corrected chi connectivity index (χ4v) is 2.03. The summed E-state index contributed by atoms with van der Waals surface area (Å²) in [6.45, 7) is 3.10. The molecule has 0 aromatic heterocycles. The van der Waals surface area contributed by atoms with E-state index in [4.69, 9.17) is 9.47 Å². The van der Waals surface area contributed by atoms with E-state index in [9.17, 15) is 0 Å². The topological polar surface area (TPSA) is 49.7 Å². The lowest BCUT2D eigenvalue weighted by molar-refractivity contribution is 0.261. The fourth-order valence-electron chi connectivity index (χ4n) is 2.03. The number of likely N-dealkylation sites (N-methyl/N-ethyl adjacent to an activating group) is 2. The molecule has 0 fully saturated rings. The molecule has 0 N–H and O–H groups in total. The van der Waals surface area contributed by atoms with E-state index in [0.29, 0.717) is 13.2 Å². The standard InChI is InChI=1S/C20H28N4O2/c1-23(2)13-15-25-19-9-5-17(6-10-19)21-22-18-7-11-20(12-8-18)26-16-14-24(3)4/h5-12H,13-16H2,1-4H3. The molecule has 2 aromatic rings. The summed E-state index contributed by atoms with van der Waals surface area (Å²) in [7, 11) is 8.09. The second kappa shape index (κ2) is 10.5. The zero-order valence-corrected chi connectivity index (χ0v) is 16.1.